The van der Waals surface area contributed by atoms with Gasteiger partial charge in [0.05, 0.1) is 9.82 Å². The number of nitro benzene ring substituents is 1. The Kier molecular flexibility index (Phi) is 4.15. The number of furan rings is 1. The second kappa shape index (κ2) is 6.38. The maximum Gasteiger partial charge on any atom is 0.270 e. The lowest BCUT2D eigenvalue weighted by Crippen LogP contribution is -2.13. The molecular weight excluding hydrogens is 368 g/mol. The molecule has 3 aromatic rings. The van der Waals surface area contributed by atoms with Gasteiger partial charge in [0.1, 0.15) is 11.3 Å². The highest BCUT2D eigenvalue weighted by atomic mass is 32.2. The summed E-state index contributed by atoms with van der Waals surface area (Å²) in [7, 11) is -3.94. The highest BCUT2D eigenvalue weighted by Gasteiger charge is 2.23. The fourth-order valence-corrected chi connectivity index (χ4v) is 4.58. The SMILES string of the molecule is C[C@H]1CCc2oc3ccc(NS(=O)(=O)c4cccc([N+](=O)[O-])c4)cc3c2C1. The predicted octanol–water partition coefficient (Wildman–Crippen LogP) is 4.27. The van der Waals surface area contributed by atoms with Crippen LogP contribution in [0.3, 0.4) is 0 Å². The van der Waals surface area contributed by atoms with E-state index in [4.69, 9.17) is 4.42 Å². The van der Waals surface area contributed by atoms with Crippen molar-refractivity contribution in [3.63, 3.8) is 0 Å². The van der Waals surface area contributed by atoms with Crippen LogP contribution < -0.4 is 4.72 Å². The van der Waals surface area contributed by atoms with Crippen molar-refractivity contribution in [2.45, 2.75) is 31.1 Å². The van der Waals surface area contributed by atoms with E-state index in [1.165, 1.54) is 18.2 Å². The van der Waals surface area contributed by atoms with Crippen molar-refractivity contribution in [1.29, 1.82) is 0 Å². The molecule has 0 unspecified atom stereocenters. The highest BCUT2D eigenvalue weighted by molar-refractivity contribution is 7.92. The molecule has 0 saturated heterocycles. The second-order valence-corrected chi connectivity index (χ2v) is 8.61. The Morgan fingerprint density at radius 3 is 2.81 bits per heavy atom. The Hall–Kier alpha value is -2.87. The molecule has 0 radical (unpaired) electrons. The van der Waals surface area contributed by atoms with E-state index < -0.39 is 14.9 Å². The van der Waals surface area contributed by atoms with Crippen molar-refractivity contribution < 1.29 is 17.8 Å². The smallest absolute Gasteiger partial charge is 0.270 e. The molecule has 1 aliphatic rings. The molecule has 1 N–H and O–H groups in total. The van der Waals surface area contributed by atoms with Gasteiger partial charge in [-0.2, -0.15) is 0 Å². The van der Waals surface area contributed by atoms with E-state index in [1.54, 1.807) is 18.2 Å². The summed E-state index contributed by atoms with van der Waals surface area (Å²) in [6, 6.07) is 10.1. The number of benzene rings is 2. The van der Waals surface area contributed by atoms with E-state index in [-0.39, 0.29) is 10.6 Å². The molecule has 1 heterocycles. The Morgan fingerprint density at radius 1 is 1.22 bits per heavy atom. The van der Waals surface area contributed by atoms with Crippen LogP contribution in [0, 0.1) is 16.0 Å². The van der Waals surface area contributed by atoms with Crippen LogP contribution in [0.4, 0.5) is 11.4 Å². The molecule has 0 spiro atoms. The number of non-ortho nitro benzene ring substituents is 1. The quantitative estimate of drug-likeness (QED) is 0.533. The van der Waals surface area contributed by atoms with Gasteiger partial charge < -0.3 is 4.42 Å². The first-order valence-electron chi connectivity index (χ1n) is 8.65. The molecule has 0 bridgehead atoms. The Balaban J connectivity index is 1.69. The summed E-state index contributed by atoms with van der Waals surface area (Å²) in [6.07, 6.45) is 2.88. The van der Waals surface area contributed by atoms with Gasteiger partial charge in [-0.25, -0.2) is 8.42 Å². The molecule has 1 aromatic heterocycles. The first-order chi connectivity index (χ1) is 12.8. The lowest BCUT2D eigenvalue weighted by molar-refractivity contribution is -0.385. The van der Waals surface area contributed by atoms with Crippen molar-refractivity contribution in [2.24, 2.45) is 5.92 Å². The number of nitrogens with one attached hydrogen (secondary N) is 1. The standard InChI is InChI=1S/C19H18N2O5S/c1-12-5-7-18-16(9-12)17-10-13(6-8-19(17)26-18)20-27(24,25)15-4-2-3-14(11-15)21(22)23/h2-4,6,8,10-12,20H,5,7,9H2,1H3/t12-/m0/s1. The summed E-state index contributed by atoms with van der Waals surface area (Å²) in [4.78, 5) is 10.1. The molecule has 0 amide bonds. The number of hydrogen-bond acceptors (Lipinski definition) is 5. The van der Waals surface area contributed by atoms with Gasteiger partial charge in [0.2, 0.25) is 0 Å². The van der Waals surface area contributed by atoms with E-state index >= 15 is 0 Å². The van der Waals surface area contributed by atoms with Crippen LogP contribution in [0.2, 0.25) is 0 Å². The Labute approximate surface area is 156 Å². The molecule has 2 aromatic carbocycles. The first-order valence-corrected chi connectivity index (χ1v) is 10.1. The Morgan fingerprint density at radius 2 is 2.04 bits per heavy atom. The third kappa shape index (κ3) is 3.28. The largest absolute Gasteiger partial charge is 0.461 e. The number of hydrogen-bond donors (Lipinski definition) is 1. The van der Waals surface area contributed by atoms with E-state index in [1.807, 2.05) is 0 Å². The molecule has 8 heteroatoms. The topological polar surface area (TPSA) is 102 Å². The van der Waals surface area contributed by atoms with E-state index in [0.29, 0.717) is 11.6 Å². The fourth-order valence-electron chi connectivity index (χ4n) is 3.49. The monoisotopic (exact) mass is 386 g/mol. The summed E-state index contributed by atoms with van der Waals surface area (Å²) in [5, 5.41) is 11.8. The molecule has 0 saturated carbocycles. The van der Waals surface area contributed by atoms with Crippen LogP contribution >= 0.6 is 0 Å². The summed E-state index contributed by atoms with van der Waals surface area (Å²) in [5.41, 5.74) is 2.01. The predicted molar refractivity (Wildman–Crippen MR) is 101 cm³/mol. The van der Waals surface area contributed by atoms with E-state index in [9.17, 15) is 18.5 Å². The van der Waals surface area contributed by atoms with Gasteiger partial charge in [-0.05, 0) is 43.0 Å². The summed E-state index contributed by atoms with van der Waals surface area (Å²) in [6.45, 7) is 2.19. The summed E-state index contributed by atoms with van der Waals surface area (Å²) >= 11 is 0. The number of rotatable bonds is 4. The van der Waals surface area contributed by atoms with Crippen LogP contribution in [0.25, 0.3) is 11.0 Å². The molecule has 1 atom stereocenters. The normalized spacial score (nSPS) is 16.9. The number of nitrogens with zero attached hydrogens (tertiary/aromatic N) is 1. The number of sulfonamides is 1. The third-order valence-electron chi connectivity index (χ3n) is 4.88. The van der Waals surface area contributed by atoms with Gasteiger partial charge in [0.15, 0.2) is 0 Å². The van der Waals surface area contributed by atoms with Gasteiger partial charge in [-0.3, -0.25) is 14.8 Å². The average molecular weight is 386 g/mol. The van der Waals surface area contributed by atoms with Crippen LogP contribution in [0.5, 0.6) is 0 Å². The van der Waals surface area contributed by atoms with Crippen LogP contribution in [-0.4, -0.2) is 13.3 Å². The molecule has 0 fully saturated rings. The van der Waals surface area contributed by atoms with Gasteiger partial charge in [0, 0.05) is 35.2 Å². The highest BCUT2D eigenvalue weighted by Crippen LogP contribution is 2.35. The van der Waals surface area contributed by atoms with E-state index in [0.717, 1.165) is 47.6 Å². The van der Waals surface area contributed by atoms with Crippen molar-refractivity contribution in [2.75, 3.05) is 4.72 Å². The maximum atomic E-state index is 12.6. The zero-order valence-corrected chi connectivity index (χ0v) is 15.5. The lowest BCUT2D eigenvalue weighted by Gasteiger charge is -2.16. The van der Waals surface area contributed by atoms with Gasteiger partial charge >= 0.3 is 0 Å². The Bertz CT molecular complexity index is 1150. The third-order valence-corrected chi connectivity index (χ3v) is 6.26. The van der Waals surface area contributed by atoms with Gasteiger partial charge in [-0.1, -0.05) is 13.0 Å². The van der Waals surface area contributed by atoms with E-state index in [2.05, 4.69) is 11.6 Å². The van der Waals surface area contributed by atoms with Gasteiger partial charge in [0.25, 0.3) is 15.7 Å². The minimum absolute atomic E-state index is 0.153. The lowest BCUT2D eigenvalue weighted by atomic mass is 9.88. The fraction of sp³-hybridized carbons (Fsp3) is 0.263. The molecule has 7 nitrogen and oxygen atoms in total. The number of nitro groups is 1. The maximum absolute atomic E-state index is 12.6. The molecule has 140 valence electrons. The molecule has 27 heavy (non-hydrogen) atoms. The van der Waals surface area contributed by atoms with Crippen molar-refractivity contribution in [3.8, 4) is 0 Å². The second-order valence-electron chi connectivity index (χ2n) is 6.92. The number of anilines is 1. The summed E-state index contributed by atoms with van der Waals surface area (Å²) in [5.74, 6) is 1.53. The minimum atomic E-state index is -3.94. The van der Waals surface area contributed by atoms with Crippen LogP contribution in [-0.2, 0) is 22.9 Å². The molecular formula is C19H18N2O5S. The van der Waals surface area contributed by atoms with Gasteiger partial charge in [-0.15, -0.1) is 0 Å². The minimum Gasteiger partial charge on any atom is -0.461 e. The first kappa shape index (κ1) is 17.5. The molecule has 0 aliphatic heterocycles. The molecule has 4 rings (SSSR count). The zero-order chi connectivity index (χ0) is 19.2. The van der Waals surface area contributed by atoms with Crippen LogP contribution in [0.1, 0.15) is 24.7 Å². The number of aryl methyl sites for hydroxylation is 1. The average Bonchev–Trinajstić information content (AvgIpc) is 2.99. The van der Waals surface area contributed by atoms with Crippen molar-refractivity contribution in [1.82, 2.24) is 0 Å². The van der Waals surface area contributed by atoms with Crippen molar-refractivity contribution in [3.05, 3.63) is 63.9 Å². The van der Waals surface area contributed by atoms with Crippen molar-refractivity contribution >= 4 is 32.4 Å². The molecule has 1 aliphatic carbocycles. The summed E-state index contributed by atoms with van der Waals surface area (Å²) < 4.78 is 33.7. The van der Waals surface area contributed by atoms with Crippen LogP contribution in [0.15, 0.2) is 51.8 Å². The number of fused-ring (bicyclic) bond motifs is 3. The zero-order valence-electron chi connectivity index (χ0n) is 14.6.